The summed E-state index contributed by atoms with van der Waals surface area (Å²) in [5, 5.41) is 2.13. The summed E-state index contributed by atoms with van der Waals surface area (Å²) in [6.45, 7) is 2.40. The molecular formula is C19H23NO5S2. The average Bonchev–Trinajstić information content (AvgIpc) is 2.97. The molecule has 8 heteroatoms. The van der Waals surface area contributed by atoms with Gasteiger partial charge in [0.05, 0.1) is 28.8 Å². The van der Waals surface area contributed by atoms with Crippen molar-refractivity contribution in [3.63, 3.8) is 0 Å². The monoisotopic (exact) mass is 409 g/mol. The van der Waals surface area contributed by atoms with Gasteiger partial charge in [0, 0.05) is 12.6 Å². The first-order chi connectivity index (χ1) is 12.7. The first-order valence-electron chi connectivity index (χ1n) is 8.58. The fourth-order valence-electron chi connectivity index (χ4n) is 3.21. The molecule has 27 heavy (non-hydrogen) atoms. The highest BCUT2D eigenvalue weighted by atomic mass is 32.2. The van der Waals surface area contributed by atoms with Crippen molar-refractivity contribution in [3.8, 4) is 5.75 Å². The molecule has 3 rings (SSSR count). The van der Waals surface area contributed by atoms with E-state index in [1.165, 1.54) is 19.2 Å². The molecule has 2 aromatic carbocycles. The van der Waals surface area contributed by atoms with E-state index in [1.807, 2.05) is 31.2 Å². The van der Waals surface area contributed by atoms with Crippen LogP contribution in [0.25, 0.3) is 0 Å². The van der Waals surface area contributed by atoms with Gasteiger partial charge in [0.25, 0.3) is 0 Å². The molecule has 2 aromatic rings. The summed E-state index contributed by atoms with van der Waals surface area (Å²) < 4.78 is 55.5. The highest BCUT2D eigenvalue weighted by Crippen LogP contribution is 2.27. The molecule has 0 aromatic heterocycles. The van der Waals surface area contributed by atoms with E-state index in [0.29, 0.717) is 12.3 Å². The third kappa shape index (κ3) is 4.51. The van der Waals surface area contributed by atoms with Crippen molar-refractivity contribution >= 4 is 19.7 Å². The Morgan fingerprint density at radius 2 is 1.67 bits per heavy atom. The Morgan fingerprint density at radius 1 is 1.04 bits per heavy atom. The molecule has 0 unspecified atom stereocenters. The predicted molar refractivity (Wildman–Crippen MR) is 104 cm³/mol. The summed E-state index contributed by atoms with van der Waals surface area (Å²) in [5.41, 5.74) is 2.10. The summed E-state index contributed by atoms with van der Waals surface area (Å²) >= 11 is 0. The van der Waals surface area contributed by atoms with Crippen molar-refractivity contribution in [2.24, 2.45) is 0 Å². The number of hydrogen-bond acceptors (Lipinski definition) is 6. The summed E-state index contributed by atoms with van der Waals surface area (Å²) in [7, 11) is -5.72. The van der Waals surface area contributed by atoms with Gasteiger partial charge in [0.15, 0.2) is 19.7 Å². The molecule has 2 atom stereocenters. The third-order valence-corrected chi connectivity index (χ3v) is 8.94. The lowest BCUT2D eigenvalue weighted by Crippen LogP contribution is -2.43. The van der Waals surface area contributed by atoms with E-state index in [4.69, 9.17) is 4.74 Å². The zero-order valence-electron chi connectivity index (χ0n) is 15.3. The number of nitrogens with one attached hydrogen (secondary N) is 1. The number of aryl methyl sites for hydroxylation is 1. The van der Waals surface area contributed by atoms with E-state index in [0.717, 1.165) is 11.1 Å². The molecule has 1 N–H and O–H groups in total. The van der Waals surface area contributed by atoms with Gasteiger partial charge in [-0.25, -0.2) is 16.8 Å². The Kier molecular flexibility index (Phi) is 5.60. The zero-order chi connectivity index (χ0) is 19.7. The summed E-state index contributed by atoms with van der Waals surface area (Å²) in [5.74, 6) is -0.00621. The molecule has 1 heterocycles. The van der Waals surface area contributed by atoms with Gasteiger partial charge in [-0.15, -0.1) is 0 Å². The lowest BCUT2D eigenvalue weighted by molar-refractivity contribution is 0.414. The second kappa shape index (κ2) is 7.61. The molecule has 0 aliphatic carbocycles. The first-order valence-corrected chi connectivity index (χ1v) is 12.0. The van der Waals surface area contributed by atoms with Crippen LogP contribution < -0.4 is 10.1 Å². The molecular weight excluding hydrogens is 386 g/mol. The fraction of sp³-hybridized carbons (Fsp3) is 0.368. The lowest BCUT2D eigenvalue weighted by atomic mass is 10.1. The second-order valence-corrected chi connectivity index (χ2v) is 11.1. The smallest absolute Gasteiger partial charge is 0.183 e. The van der Waals surface area contributed by atoms with Gasteiger partial charge < -0.3 is 10.1 Å². The maximum Gasteiger partial charge on any atom is 0.183 e. The number of benzene rings is 2. The minimum Gasteiger partial charge on any atom is -0.497 e. The molecule has 1 saturated heterocycles. The van der Waals surface area contributed by atoms with E-state index in [9.17, 15) is 16.8 Å². The molecule has 6 nitrogen and oxygen atoms in total. The quantitative estimate of drug-likeness (QED) is 0.782. The molecule has 146 valence electrons. The van der Waals surface area contributed by atoms with E-state index in [-0.39, 0.29) is 16.4 Å². The van der Waals surface area contributed by atoms with E-state index in [2.05, 4.69) is 5.32 Å². The molecule has 0 amide bonds. The minimum absolute atomic E-state index is 0.104. The molecule has 0 saturated carbocycles. The third-order valence-electron chi connectivity index (χ3n) is 4.78. The fourth-order valence-corrected chi connectivity index (χ4v) is 7.92. The highest BCUT2D eigenvalue weighted by Gasteiger charge is 2.45. The van der Waals surface area contributed by atoms with Crippen LogP contribution in [0.15, 0.2) is 53.4 Å². The van der Waals surface area contributed by atoms with Crippen LogP contribution >= 0.6 is 0 Å². The second-order valence-electron chi connectivity index (χ2n) is 6.81. The number of hydrogen-bond donors (Lipinski definition) is 1. The Labute approximate surface area is 160 Å². The predicted octanol–water partition coefficient (Wildman–Crippen LogP) is 1.73. The number of rotatable bonds is 6. The highest BCUT2D eigenvalue weighted by molar-refractivity contribution is 7.96. The number of sulfone groups is 2. The first kappa shape index (κ1) is 19.9. The van der Waals surface area contributed by atoms with Crippen LogP contribution in [0, 0.1) is 6.92 Å². The molecule has 0 bridgehead atoms. The number of methoxy groups -OCH3 is 1. The van der Waals surface area contributed by atoms with Gasteiger partial charge in [-0.3, -0.25) is 0 Å². The van der Waals surface area contributed by atoms with Gasteiger partial charge in [-0.2, -0.15) is 0 Å². The zero-order valence-corrected chi connectivity index (χ0v) is 16.9. The van der Waals surface area contributed by atoms with Gasteiger partial charge in [0.2, 0.25) is 0 Å². The van der Waals surface area contributed by atoms with Gasteiger partial charge in [-0.05, 0) is 36.8 Å². The van der Waals surface area contributed by atoms with Crippen molar-refractivity contribution in [3.05, 3.63) is 59.7 Å². The average molecular weight is 410 g/mol. The van der Waals surface area contributed by atoms with E-state index < -0.39 is 31.0 Å². The van der Waals surface area contributed by atoms with E-state index in [1.54, 1.807) is 12.1 Å². The standard InChI is InChI=1S/C19H23NO5S2/c1-14-3-5-15(6-4-14)11-20-18-12-26(21,22)13-19(18)27(23,24)17-9-7-16(25-2)8-10-17/h3-10,18-20H,11-13H2,1-2H3/t18-,19-/m1/s1. The van der Waals surface area contributed by atoms with Crippen LogP contribution in [0.4, 0.5) is 0 Å². The SMILES string of the molecule is COc1ccc(S(=O)(=O)[C@@H]2CS(=O)(=O)C[C@H]2NCc2ccc(C)cc2)cc1. The van der Waals surface area contributed by atoms with Gasteiger partial charge in [-0.1, -0.05) is 29.8 Å². The molecule has 0 spiro atoms. The van der Waals surface area contributed by atoms with Crippen LogP contribution in [0.2, 0.25) is 0 Å². The van der Waals surface area contributed by atoms with Crippen LogP contribution in [-0.4, -0.2) is 46.7 Å². The van der Waals surface area contributed by atoms with Crippen molar-refractivity contribution < 1.29 is 21.6 Å². The Morgan fingerprint density at radius 3 is 2.26 bits per heavy atom. The maximum absolute atomic E-state index is 13.0. The lowest BCUT2D eigenvalue weighted by Gasteiger charge is -2.20. The van der Waals surface area contributed by atoms with Crippen LogP contribution in [0.3, 0.4) is 0 Å². The summed E-state index contributed by atoms with van der Waals surface area (Å²) in [4.78, 5) is 0.104. The molecule has 1 aliphatic rings. The van der Waals surface area contributed by atoms with Crippen LogP contribution in [0.1, 0.15) is 11.1 Å². The van der Waals surface area contributed by atoms with Crippen LogP contribution in [-0.2, 0) is 26.2 Å². The van der Waals surface area contributed by atoms with Gasteiger partial charge in [0.1, 0.15) is 5.75 Å². The van der Waals surface area contributed by atoms with Gasteiger partial charge >= 0.3 is 0 Å². The Hall–Kier alpha value is -1.90. The molecule has 1 fully saturated rings. The summed E-state index contributed by atoms with van der Waals surface area (Å²) in [6, 6.07) is 13.2. The molecule has 0 radical (unpaired) electrons. The van der Waals surface area contributed by atoms with Crippen molar-refractivity contribution in [1.29, 1.82) is 0 Å². The Bertz CT molecular complexity index is 997. The minimum atomic E-state index is -3.79. The topological polar surface area (TPSA) is 89.5 Å². The van der Waals surface area contributed by atoms with Crippen molar-refractivity contribution in [2.45, 2.75) is 29.7 Å². The van der Waals surface area contributed by atoms with Crippen LogP contribution in [0.5, 0.6) is 5.75 Å². The molecule has 1 aliphatic heterocycles. The van der Waals surface area contributed by atoms with Crippen molar-refractivity contribution in [1.82, 2.24) is 5.32 Å². The number of ether oxygens (including phenoxy) is 1. The van der Waals surface area contributed by atoms with E-state index >= 15 is 0 Å². The largest absolute Gasteiger partial charge is 0.497 e. The summed E-state index contributed by atoms with van der Waals surface area (Å²) in [6.07, 6.45) is 0. The maximum atomic E-state index is 13.0. The Balaban J connectivity index is 1.82. The van der Waals surface area contributed by atoms with Crippen molar-refractivity contribution in [2.75, 3.05) is 18.6 Å². The normalized spacial score (nSPS) is 21.9.